The zero-order chi connectivity index (χ0) is 11.1. The van der Waals surface area contributed by atoms with Gasteiger partial charge in [-0.2, -0.15) is 0 Å². The van der Waals surface area contributed by atoms with Crippen LogP contribution in [0.25, 0.3) is 0 Å². The normalized spacial score (nSPS) is 17.9. The monoisotopic (exact) mass is 196 g/mol. The van der Waals surface area contributed by atoms with E-state index in [4.69, 9.17) is 0 Å². The Labute approximate surface area is 90.8 Å². The molecular weight excluding hydrogens is 168 g/mol. The van der Waals surface area contributed by atoms with Gasteiger partial charge in [-0.15, -0.1) is 6.58 Å². The highest BCUT2D eigenvalue weighted by molar-refractivity contribution is 4.85. The van der Waals surface area contributed by atoms with Crippen LogP contribution >= 0.6 is 0 Å². The van der Waals surface area contributed by atoms with Crippen LogP contribution in [0.5, 0.6) is 0 Å². The molecule has 0 heterocycles. The molecule has 0 fully saturated rings. The molecule has 0 saturated heterocycles. The highest BCUT2D eigenvalue weighted by Crippen LogP contribution is 2.29. The van der Waals surface area contributed by atoms with Crippen LogP contribution in [0.15, 0.2) is 12.7 Å². The molecule has 0 amide bonds. The molecule has 3 unspecified atom stereocenters. The van der Waals surface area contributed by atoms with E-state index in [2.05, 4.69) is 47.3 Å². The van der Waals surface area contributed by atoms with Crippen molar-refractivity contribution >= 4 is 0 Å². The SMILES string of the molecule is C=CC(CC(C)C)C(C)C(C)CCC. The van der Waals surface area contributed by atoms with Crippen LogP contribution in [-0.2, 0) is 0 Å². The van der Waals surface area contributed by atoms with Crippen LogP contribution in [0.2, 0.25) is 0 Å². The van der Waals surface area contributed by atoms with Crippen molar-refractivity contribution in [3.8, 4) is 0 Å². The van der Waals surface area contributed by atoms with Gasteiger partial charge < -0.3 is 0 Å². The van der Waals surface area contributed by atoms with Crippen LogP contribution in [0, 0.1) is 23.7 Å². The zero-order valence-electron chi connectivity index (χ0n) is 10.7. The number of hydrogen-bond donors (Lipinski definition) is 0. The van der Waals surface area contributed by atoms with E-state index in [1.165, 1.54) is 19.3 Å². The maximum absolute atomic E-state index is 3.98. The molecule has 0 aromatic carbocycles. The second-order valence-electron chi connectivity index (χ2n) is 5.15. The van der Waals surface area contributed by atoms with E-state index >= 15 is 0 Å². The average Bonchev–Trinajstić information content (AvgIpc) is 2.13. The Kier molecular flexibility index (Phi) is 6.96. The van der Waals surface area contributed by atoms with E-state index in [-0.39, 0.29) is 0 Å². The summed E-state index contributed by atoms with van der Waals surface area (Å²) in [6.07, 6.45) is 6.11. The van der Waals surface area contributed by atoms with Crippen molar-refractivity contribution in [3.05, 3.63) is 12.7 Å². The van der Waals surface area contributed by atoms with Crippen LogP contribution in [-0.4, -0.2) is 0 Å². The fourth-order valence-electron chi connectivity index (χ4n) is 2.21. The number of hydrogen-bond acceptors (Lipinski definition) is 0. The number of rotatable bonds is 7. The van der Waals surface area contributed by atoms with Crippen LogP contribution in [0.1, 0.15) is 53.9 Å². The van der Waals surface area contributed by atoms with Crippen LogP contribution < -0.4 is 0 Å². The molecule has 0 rings (SSSR count). The van der Waals surface area contributed by atoms with Crippen molar-refractivity contribution in [2.24, 2.45) is 23.7 Å². The van der Waals surface area contributed by atoms with E-state index in [0.717, 1.165) is 17.8 Å². The summed E-state index contributed by atoms with van der Waals surface area (Å²) < 4.78 is 0. The molecule has 0 aromatic rings. The second kappa shape index (κ2) is 7.09. The minimum Gasteiger partial charge on any atom is -0.103 e. The van der Waals surface area contributed by atoms with Crippen LogP contribution in [0.4, 0.5) is 0 Å². The smallest absolute Gasteiger partial charge is 0.0205 e. The molecule has 0 heteroatoms. The van der Waals surface area contributed by atoms with Crippen molar-refractivity contribution in [2.45, 2.75) is 53.9 Å². The van der Waals surface area contributed by atoms with Gasteiger partial charge in [0.25, 0.3) is 0 Å². The van der Waals surface area contributed by atoms with E-state index in [1.807, 2.05) is 0 Å². The fourth-order valence-corrected chi connectivity index (χ4v) is 2.21. The Morgan fingerprint density at radius 1 is 1.14 bits per heavy atom. The predicted molar refractivity (Wildman–Crippen MR) is 66.4 cm³/mol. The predicted octanol–water partition coefficient (Wildman–Crippen LogP) is 4.91. The number of allylic oxidation sites excluding steroid dienone is 1. The molecule has 0 aliphatic carbocycles. The molecule has 0 aliphatic heterocycles. The summed E-state index contributed by atoms with van der Waals surface area (Å²) in [6.45, 7) is 15.6. The Morgan fingerprint density at radius 3 is 2.07 bits per heavy atom. The largest absolute Gasteiger partial charge is 0.103 e. The minimum absolute atomic E-state index is 0.705. The van der Waals surface area contributed by atoms with Gasteiger partial charge in [-0.1, -0.05) is 53.5 Å². The summed E-state index contributed by atoms with van der Waals surface area (Å²) >= 11 is 0. The molecule has 3 atom stereocenters. The van der Waals surface area contributed by atoms with Crippen molar-refractivity contribution < 1.29 is 0 Å². The zero-order valence-corrected chi connectivity index (χ0v) is 10.7. The lowest BCUT2D eigenvalue weighted by atomic mass is 9.78. The third-order valence-electron chi connectivity index (χ3n) is 3.36. The Balaban J connectivity index is 4.14. The Hall–Kier alpha value is -0.260. The maximum Gasteiger partial charge on any atom is -0.0205 e. The topological polar surface area (TPSA) is 0 Å². The van der Waals surface area contributed by atoms with Crippen molar-refractivity contribution in [1.82, 2.24) is 0 Å². The molecule has 0 radical (unpaired) electrons. The first-order valence-electron chi connectivity index (χ1n) is 6.15. The molecule has 0 saturated carbocycles. The van der Waals surface area contributed by atoms with Crippen LogP contribution in [0.3, 0.4) is 0 Å². The highest BCUT2D eigenvalue weighted by atomic mass is 14.3. The summed E-state index contributed by atoms with van der Waals surface area (Å²) in [4.78, 5) is 0. The quantitative estimate of drug-likeness (QED) is 0.508. The van der Waals surface area contributed by atoms with Gasteiger partial charge in [0.1, 0.15) is 0 Å². The van der Waals surface area contributed by atoms with Gasteiger partial charge >= 0.3 is 0 Å². The highest BCUT2D eigenvalue weighted by Gasteiger charge is 2.20. The van der Waals surface area contributed by atoms with Gasteiger partial charge in [0.05, 0.1) is 0 Å². The molecule has 0 N–H and O–H groups in total. The molecule has 14 heavy (non-hydrogen) atoms. The van der Waals surface area contributed by atoms with Gasteiger partial charge in [0.2, 0.25) is 0 Å². The van der Waals surface area contributed by atoms with E-state index < -0.39 is 0 Å². The van der Waals surface area contributed by atoms with E-state index in [0.29, 0.717) is 5.92 Å². The van der Waals surface area contributed by atoms with Gasteiger partial charge in [-0.25, -0.2) is 0 Å². The minimum atomic E-state index is 0.705. The fraction of sp³-hybridized carbons (Fsp3) is 0.857. The first kappa shape index (κ1) is 13.7. The summed E-state index contributed by atoms with van der Waals surface area (Å²) in [7, 11) is 0. The lowest BCUT2D eigenvalue weighted by Gasteiger charge is -2.27. The second-order valence-corrected chi connectivity index (χ2v) is 5.15. The Morgan fingerprint density at radius 2 is 1.71 bits per heavy atom. The third-order valence-corrected chi connectivity index (χ3v) is 3.36. The first-order chi connectivity index (χ1) is 6.52. The summed E-state index contributed by atoms with van der Waals surface area (Å²) in [6, 6.07) is 0. The van der Waals surface area contributed by atoms with Crippen molar-refractivity contribution in [1.29, 1.82) is 0 Å². The van der Waals surface area contributed by atoms with Gasteiger partial charge in [-0.05, 0) is 30.1 Å². The molecule has 0 aromatic heterocycles. The molecule has 0 aliphatic rings. The molecule has 84 valence electrons. The maximum atomic E-state index is 3.98. The summed E-state index contributed by atoms with van der Waals surface area (Å²) in [5.41, 5.74) is 0. The average molecular weight is 196 g/mol. The van der Waals surface area contributed by atoms with Crippen molar-refractivity contribution in [2.75, 3.05) is 0 Å². The van der Waals surface area contributed by atoms with E-state index in [9.17, 15) is 0 Å². The first-order valence-corrected chi connectivity index (χ1v) is 6.15. The summed E-state index contributed by atoms with van der Waals surface area (Å²) in [5, 5.41) is 0. The lowest BCUT2D eigenvalue weighted by Crippen LogP contribution is -2.18. The third kappa shape index (κ3) is 4.83. The molecule has 0 bridgehead atoms. The van der Waals surface area contributed by atoms with E-state index in [1.54, 1.807) is 0 Å². The van der Waals surface area contributed by atoms with Crippen molar-refractivity contribution in [3.63, 3.8) is 0 Å². The van der Waals surface area contributed by atoms with Gasteiger partial charge in [0, 0.05) is 0 Å². The van der Waals surface area contributed by atoms with Gasteiger partial charge in [0.15, 0.2) is 0 Å². The van der Waals surface area contributed by atoms with Gasteiger partial charge in [-0.3, -0.25) is 0 Å². The Bertz CT molecular complexity index is 146. The molecule has 0 nitrogen and oxygen atoms in total. The lowest BCUT2D eigenvalue weighted by molar-refractivity contribution is 0.258. The molecular formula is C14H28. The standard InChI is InChI=1S/C14H28/c1-7-9-12(5)13(6)14(8-2)10-11(3)4/h8,11-14H,2,7,9-10H2,1,3-6H3. The summed E-state index contributed by atoms with van der Waals surface area (Å²) in [5.74, 6) is 3.11. The molecule has 0 spiro atoms.